The molecule has 1 aliphatic rings. The summed E-state index contributed by atoms with van der Waals surface area (Å²) >= 11 is 3.62. The normalized spacial score (nSPS) is 20.5. The van der Waals surface area contributed by atoms with Crippen LogP contribution >= 0.6 is 15.9 Å². The van der Waals surface area contributed by atoms with Gasteiger partial charge < -0.3 is 4.74 Å². The summed E-state index contributed by atoms with van der Waals surface area (Å²) in [5.41, 5.74) is 2.59. The minimum Gasteiger partial charge on any atom is -0.353 e. The lowest BCUT2D eigenvalue weighted by Crippen LogP contribution is -2.41. The summed E-state index contributed by atoms with van der Waals surface area (Å²) in [5, 5.41) is 0. The molecular weight excluding hydrogens is 390 g/mol. The van der Waals surface area contributed by atoms with E-state index < -0.39 is 16.3 Å². The molecule has 4 nitrogen and oxygen atoms in total. The lowest BCUT2D eigenvalue weighted by molar-refractivity contribution is 0.0195. The maximum absolute atomic E-state index is 13.3. The number of anilines is 1. The molecule has 1 heterocycles. The van der Waals surface area contributed by atoms with Gasteiger partial charge in [-0.1, -0.05) is 51.8 Å². The van der Waals surface area contributed by atoms with Gasteiger partial charge in [-0.05, 0) is 44.5 Å². The number of fused-ring (bicyclic) bond motifs is 1. The Kier molecular flexibility index (Phi) is 4.73. The van der Waals surface area contributed by atoms with Crippen molar-refractivity contribution in [1.82, 2.24) is 0 Å². The zero-order valence-corrected chi connectivity index (χ0v) is 16.2. The Morgan fingerprint density at radius 1 is 1.08 bits per heavy atom. The molecule has 6 heteroatoms. The largest absolute Gasteiger partial charge is 0.353 e. The number of hydrogen-bond acceptors (Lipinski definition) is 3. The molecule has 2 atom stereocenters. The second kappa shape index (κ2) is 6.50. The summed E-state index contributed by atoms with van der Waals surface area (Å²) in [6, 6.07) is 14.4. The van der Waals surface area contributed by atoms with E-state index in [1.165, 1.54) is 4.31 Å². The fourth-order valence-corrected chi connectivity index (χ4v) is 5.31. The Hall–Kier alpha value is -1.37. The molecule has 0 aliphatic carbocycles. The molecule has 0 saturated heterocycles. The Morgan fingerprint density at radius 2 is 1.71 bits per heavy atom. The smallest absolute Gasteiger partial charge is 0.266 e. The van der Waals surface area contributed by atoms with Gasteiger partial charge in [0.1, 0.15) is 0 Å². The van der Waals surface area contributed by atoms with Crippen LogP contribution in [-0.2, 0) is 14.8 Å². The van der Waals surface area contributed by atoms with Crippen molar-refractivity contribution in [1.29, 1.82) is 0 Å². The van der Waals surface area contributed by atoms with E-state index >= 15 is 0 Å². The van der Waals surface area contributed by atoms with E-state index in [1.807, 2.05) is 45.0 Å². The van der Waals surface area contributed by atoms with Crippen LogP contribution in [0.2, 0.25) is 0 Å². The predicted octanol–water partition coefficient (Wildman–Crippen LogP) is 4.39. The lowest BCUT2D eigenvalue weighted by Gasteiger charge is -2.29. The molecule has 2 aromatic carbocycles. The van der Waals surface area contributed by atoms with Crippen LogP contribution in [-0.4, -0.2) is 20.7 Å². The number of sulfonamides is 1. The number of benzene rings is 2. The average Bonchev–Trinajstić information content (AvgIpc) is 2.81. The Morgan fingerprint density at radius 3 is 2.33 bits per heavy atom. The molecule has 128 valence electrons. The lowest BCUT2D eigenvalue weighted by atomic mass is 10.2. The maximum Gasteiger partial charge on any atom is 0.266 e. The quantitative estimate of drug-likeness (QED) is 0.703. The van der Waals surface area contributed by atoms with E-state index in [2.05, 4.69) is 15.9 Å². The van der Waals surface area contributed by atoms with Crippen LogP contribution in [0.25, 0.3) is 0 Å². The van der Waals surface area contributed by atoms with Crippen molar-refractivity contribution in [3.05, 3.63) is 59.7 Å². The van der Waals surface area contributed by atoms with Crippen LogP contribution in [0.4, 0.5) is 5.69 Å². The zero-order valence-electron chi connectivity index (χ0n) is 13.8. The summed E-state index contributed by atoms with van der Waals surface area (Å²) in [6.07, 6.45) is -0.714. The molecule has 0 amide bonds. The van der Waals surface area contributed by atoms with Gasteiger partial charge in [0.05, 0.1) is 21.5 Å². The summed E-state index contributed by atoms with van der Waals surface area (Å²) < 4.78 is 33.9. The summed E-state index contributed by atoms with van der Waals surface area (Å²) in [4.78, 5) is 0.0539. The number of alkyl halides is 1. The molecule has 2 unspecified atom stereocenters. The molecule has 0 bridgehead atoms. The second-order valence-corrected chi connectivity index (χ2v) is 8.95. The number of rotatable bonds is 4. The first-order chi connectivity index (χ1) is 11.3. The zero-order chi connectivity index (χ0) is 17.5. The molecule has 0 N–H and O–H groups in total. The van der Waals surface area contributed by atoms with Crippen molar-refractivity contribution in [2.24, 2.45) is 0 Å². The fraction of sp³-hybridized carbons (Fsp3) is 0.333. The Bertz CT molecular complexity index is 834. The molecule has 1 aliphatic heterocycles. The van der Waals surface area contributed by atoms with Crippen molar-refractivity contribution in [3.8, 4) is 0 Å². The van der Waals surface area contributed by atoms with Gasteiger partial charge in [0.15, 0.2) is 6.23 Å². The topological polar surface area (TPSA) is 46.6 Å². The molecular formula is C18H20BrNO3S. The number of halogens is 1. The third-order valence-corrected chi connectivity index (χ3v) is 6.68. The molecule has 0 aromatic heterocycles. The maximum atomic E-state index is 13.3. The van der Waals surface area contributed by atoms with Gasteiger partial charge in [0.2, 0.25) is 0 Å². The average molecular weight is 410 g/mol. The molecule has 0 fully saturated rings. The predicted molar refractivity (Wildman–Crippen MR) is 99.0 cm³/mol. The van der Waals surface area contributed by atoms with Crippen molar-refractivity contribution in [2.75, 3.05) is 4.31 Å². The number of aryl methyl sites for hydroxylation is 1. The van der Waals surface area contributed by atoms with Crippen molar-refractivity contribution >= 4 is 31.6 Å². The van der Waals surface area contributed by atoms with Crippen molar-refractivity contribution in [2.45, 2.75) is 42.8 Å². The van der Waals surface area contributed by atoms with Crippen LogP contribution in [0.15, 0.2) is 53.4 Å². The standard InChI is InChI=1S/C18H20BrNO3S/c1-12(2)23-18-17(19)15-6-4-5-7-16(15)20(18)24(21,22)14-10-8-13(3)9-11-14/h4-12,17-18H,1-3H3. The SMILES string of the molecule is Cc1ccc(S(=O)(=O)N2c3ccccc3C(Br)C2OC(C)C)cc1. The van der Waals surface area contributed by atoms with Gasteiger partial charge in [-0.15, -0.1) is 0 Å². The Balaban J connectivity index is 2.13. The highest BCUT2D eigenvalue weighted by molar-refractivity contribution is 9.09. The van der Waals surface area contributed by atoms with Crippen LogP contribution in [0.3, 0.4) is 0 Å². The fourth-order valence-electron chi connectivity index (χ4n) is 2.82. The highest BCUT2D eigenvalue weighted by Gasteiger charge is 2.45. The third-order valence-electron chi connectivity index (χ3n) is 3.94. The van der Waals surface area contributed by atoms with Crippen molar-refractivity contribution < 1.29 is 13.2 Å². The molecule has 3 rings (SSSR count). The number of hydrogen-bond donors (Lipinski definition) is 0. The first-order valence-electron chi connectivity index (χ1n) is 7.82. The monoisotopic (exact) mass is 409 g/mol. The Labute approximate surface area is 151 Å². The first kappa shape index (κ1) is 17.5. The van der Waals surface area contributed by atoms with E-state index in [1.54, 1.807) is 24.3 Å². The number of nitrogens with zero attached hydrogens (tertiary/aromatic N) is 1. The van der Waals surface area contributed by atoms with E-state index in [9.17, 15) is 8.42 Å². The van der Waals surface area contributed by atoms with Gasteiger partial charge in [0.25, 0.3) is 10.0 Å². The molecule has 0 saturated carbocycles. The van der Waals surface area contributed by atoms with Gasteiger partial charge in [-0.25, -0.2) is 12.7 Å². The molecule has 0 spiro atoms. The van der Waals surface area contributed by atoms with E-state index in [0.717, 1.165) is 11.1 Å². The summed E-state index contributed by atoms with van der Waals surface area (Å²) in [7, 11) is -3.72. The summed E-state index contributed by atoms with van der Waals surface area (Å²) in [6.45, 7) is 5.74. The highest BCUT2D eigenvalue weighted by Crippen LogP contribution is 2.47. The molecule has 0 radical (unpaired) electrons. The van der Waals surface area contributed by atoms with Crippen molar-refractivity contribution in [3.63, 3.8) is 0 Å². The van der Waals surface area contributed by atoms with E-state index in [0.29, 0.717) is 5.69 Å². The van der Waals surface area contributed by atoms with Crippen LogP contribution in [0.5, 0.6) is 0 Å². The van der Waals surface area contributed by atoms with Gasteiger partial charge in [-0.2, -0.15) is 0 Å². The highest BCUT2D eigenvalue weighted by atomic mass is 79.9. The van der Waals surface area contributed by atoms with Crippen LogP contribution in [0.1, 0.15) is 29.8 Å². The van der Waals surface area contributed by atoms with E-state index in [4.69, 9.17) is 4.74 Å². The van der Waals surface area contributed by atoms with Crippen LogP contribution in [0, 0.1) is 6.92 Å². The van der Waals surface area contributed by atoms with Gasteiger partial charge in [0, 0.05) is 0 Å². The van der Waals surface area contributed by atoms with Gasteiger partial charge >= 0.3 is 0 Å². The first-order valence-corrected chi connectivity index (χ1v) is 10.2. The van der Waals surface area contributed by atoms with Crippen LogP contribution < -0.4 is 4.31 Å². The van der Waals surface area contributed by atoms with Gasteiger partial charge in [-0.3, -0.25) is 0 Å². The van der Waals surface area contributed by atoms with E-state index in [-0.39, 0.29) is 15.8 Å². The summed E-state index contributed by atoms with van der Waals surface area (Å²) in [5.74, 6) is 0. The number of ether oxygens (including phenoxy) is 1. The molecule has 24 heavy (non-hydrogen) atoms. The minimum absolute atomic E-state index is 0.0971. The molecule has 2 aromatic rings. The third kappa shape index (κ3) is 2.98. The minimum atomic E-state index is -3.72. The second-order valence-electron chi connectivity index (χ2n) is 6.15. The number of para-hydroxylation sites is 1.